The first kappa shape index (κ1) is 25.4. The summed E-state index contributed by atoms with van der Waals surface area (Å²) in [5, 5.41) is 2.54. The van der Waals surface area contributed by atoms with Crippen LogP contribution < -0.4 is 15.8 Å². The van der Waals surface area contributed by atoms with Gasteiger partial charge in [0.15, 0.2) is 6.10 Å². The number of carbonyl (C=O) groups is 3. The van der Waals surface area contributed by atoms with Gasteiger partial charge in [0.2, 0.25) is 5.91 Å². The van der Waals surface area contributed by atoms with E-state index in [-0.39, 0.29) is 21.7 Å². The second kappa shape index (κ2) is 10.3. The Bertz CT molecular complexity index is 1390. The highest BCUT2D eigenvalue weighted by atomic mass is 32.2. The number of hydrogen-bond donors (Lipinski definition) is 3. The summed E-state index contributed by atoms with van der Waals surface area (Å²) in [6.07, 6.45) is -1.19. The summed E-state index contributed by atoms with van der Waals surface area (Å²) in [6.45, 7) is 2.87. The van der Waals surface area contributed by atoms with Crippen LogP contribution in [0.2, 0.25) is 0 Å². The molecule has 2 amide bonds. The van der Waals surface area contributed by atoms with Gasteiger partial charge < -0.3 is 15.8 Å². The van der Waals surface area contributed by atoms with Gasteiger partial charge in [-0.05, 0) is 74.0 Å². The summed E-state index contributed by atoms with van der Waals surface area (Å²) in [4.78, 5) is 35.7. The molecule has 1 atom stereocenters. The molecule has 4 N–H and O–H groups in total. The lowest BCUT2D eigenvalue weighted by atomic mass is 10.2. The van der Waals surface area contributed by atoms with Crippen LogP contribution >= 0.6 is 0 Å². The number of ether oxygens (including phenoxy) is 1. The summed E-state index contributed by atoms with van der Waals surface area (Å²) in [5.74, 6) is -2.76. The van der Waals surface area contributed by atoms with Crippen molar-refractivity contribution in [1.29, 1.82) is 0 Å². The molecule has 3 rings (SSSR count). The maximum absolute atomic E-state index is 13.8. The largest absolute Gasteiger partial charge is 0.449 e. The van der Waals surface area contributed by atoms with E-state index in [0.29, 0.717) is 11.3 Å². The fraction of sp³-hybridized carbons (Fsp3) is 0.125. The van der Waals surface area contributed by atoms with Gasteiger partial charge in [0.05, 0.1) is 10.5 Å². The van der Waals surface area contributed by atoms with Crippen LogP contribution in [0.4, 0.5) is 15.8 Å². The van der Waals surface area contributed by atoms with E-state index >= 15 is 0 Å². The molecule has 0 aliphatic carbocycles. The number of carbonyl (C=O) groups excluding carboxylic acids is 3. The van der Waals surface area contributed by atoms with Crippen LogP contribution in [0.15, 0.2) is 71.6 Å². The average Bonchev–Trinajstić information content (AvgIpc) is 2.80. The quantitative estimate of drug-likeness (QED) is 0.406. The van der Waals surface area contributed by atoms with E-state index in [1.54, 1.807) is 0 Å². The lowest BCUT2D eigenvalue weighted by Gasteiger charge is -2.14. The fourth-order valence-corrected chi connectivity index (χ4v) is 3.97. The van der Waals surface area contributed by atoms with Gasteiger partial charge in [0, 0.05) is 16.9 Å². The molecule has 3 aromatic carbocycles. The van der Waals surface area contributed by atoms with Crippen molar-refractivity contribution < 1.29 is 31.9 Å². The number of halogens is 1. The molecule has 0 spiro atoms. The minimum Gasteiger partial charge on any atom is -0.449 e. The van der Waals surface area contributed by atoms with Gasteiger partial charge in [0.25, 0.3) is 15.9 Å². The number of anilines is 2. The van der Waals surface area contributed by atoms with Crippen LogP contribution in [-0.4, -0.2) is 32.3 Å². The van der Waals surface area contributed by atoms with E-state index in [0.717, 1.165) is 6.07 Å². The first-order valence-corrected chi connectivity index (χ1v) is 11.8. The Hall–Kier alpha value is -4.25. The van der Waals surface area contributed by atoms with Crippen molar-refractivity contribution in [1.82, 2.24) is 0 Å². The molecule has 3 aromatic rings. The molecule has 0 aliphatic heterocycles. The first-order valence-electron chi connectivity index (χ1n) is 10.3. The van der Waals surface area contributed by atoms with Crippen molar-refractivity contribution in [3.8, 4) is 0 Å². The Morgan fingerprint density at radius 1 is 0.943 bits per heavy atom. The van der Waals surface area contributed by atoms with Crippen LogP contribution in [-0.2, 0) is 19.6 Å². The second-order valence-electron chi connectivity index (χ2n) is 7.58. The highest BCUT2D eigenvalue weighted by Gasteiger charge is 2.21. The molecule has 0 aromatic heterocycles. The summed E-state index contributed by atoms with van der Waals surface area (Å²) < 4.78 is 46.4. The van der Waals surface area contributed by atoms with Gasteiger partial charge >= 0.3 is 5.97 Å². The van der Waals surface area contributed by atoms with E-state index in [9.17, 15) is 27.2 Å². The zero-order valence-corrected chi connectivity index (χ0v) is 19.6. The van der Waals surface area contributed by atoms with Crippen LogP contribution in [0.5, 0.6) is 0 Å². The number of amides is 2. The molecule has 9 nitrogen and oxygen atoms in total. The van der Waals surface area contributed by atoms with Gasteiger partial charge in [-0.15, -0.1) is 0 Å². The Balaban J connectivity index is 1.66. The molecule has 0 saturated carbocycles. The van der Waals surface area contributed by atoms with Gasteiger partial charge in [-0.3, -0.25) is 14.3 Å². The minimum atomic E-state index is -4.11. The number of primary amides is 1. The number of aryl methyl sites for hydroxylation is 1. The number of sulfonamides is 1. The Morgan fingerprint density at radius 2 is 1.63 bits per heavy atom. The number of hydrogen-bond acceptors (Lipinski definition) is 6. The minimum absolute atomic E-state index is 0.00857. The zero-order valence-electron chi connectivity index (χ0n) is 18.7. The maximum Gasteiger partial charge on any atom is 0.338 e. The van der Waals surface area contributed by atoms with Crippen LogP contribution in [0, 0.1) is 12.7 Å². The molecular formula is C24H22FN3O6S. The summed E-state index contributed by atoms with van der Waals surface area (Å²) in [6, 6.07) is 14.8. The van der Waals surface area contributed by atoms with Crippen LogP contribution in [0.1, 0.15) is 33.2 Å². The molecule has 35 heavy (non-hydrogen) atoms. The molecule has 0 aliphatic rings. The van der Waals surface area contributed by atoms with Crippen molar-refractivity contribution in [2.45, 2.75) is 24.8 Å². The van der Waals surface area contributed by atoms with Crippen molar-refractivity contribution >= 4 is 39.2 Å². The number of nitrogens with two attached hydrogens (primary N) is 1. The fourth-order valence-electron chi connectivity index (χ4n) is 2.91. The van der Waals surface area contributed by atoms with E-state index < -0.39 is 39.7 Å². The maximum atomic E-state index is 13.8. The second-order valence-corrected chi connectivity index (χ2v) is 9.26. The SMILES string of the molecule is Cc1ccc(S(=O)(=O)Nc2cccc(C(=O)OC(C)C(=O)Nc3ccc(C(N)=O)cc3)c2)cc1F. The Morgan fingerprint density at radius 3 is 2.26 bits per heavy atom. The summed E-state index contributed by atoms with van der Waals surface area (Å²) in [5.41, 5.74) is 6.15. The first-order chi connectivity index (χ1) is 16.5. The lowest BCUT2D eigenvalue weighted by molar-refractivity contribution is -0.123. The highest BCUT2D eigenvalue weighted by molar-refractivity contribution is 7.92. The third-order valence-corrected chi connectivity index (χ3v) is 6.27. The monoisotopic (exact) mass is 499 g/mol. The Kier molecular flexibility index (Phi) is 7.50. The van der Waals surface area contributed by atoms with Crippen molar-refractivity contribution in [2.75, 3.05) is 10.0 Å². The molecule has 1 unspecified atom stereocenters. The van der Waals surface area contributed by atoms with Gasteiger partial charge in [-0.1, -0.05) is 12.1 Å². The van der Waals surface area contributed by atoms with E-state index in [2.05, 4.69) is 10.0 Å². The normalized spacial score (nSPS) is 11.9. The van der Waals surface area contributed by atoms with Gasteiger partial charge in [-0.2, -0.15) is 0 Å². The summed E-state index contributed by atoms with van der Waals surface area (Å²) in [7, 11) is -4.11. The van der Waals surface area contributed by atoms with Crippen molar-refractivity contribution in [3.05, 3.63) is 89.2 Å². The molecule has 11 heteroatoms. The predicted molar refractivity (Wildman–Crippen MR) is 127 cm³/mol. The highest BCUT2D eigenvalue weighted by Crippen LogP contribution is 2.20. The third kappa shape index (κ3) is 6.42. The van der Waals surface area contributed by atoms with Gasteiger partial charge in [-0.25, -0.2) is 17.6 Å². The van der Waals surface area contributed by atoms with E-state index in [4.69, 9.17) is 10.5 Å². The van der Waals surface area contributed by atoms with Crippen molar-refractivity contribution in [3.63, 3.8) is 0 Å². The number of nitrogens with one attached hydrogen (secondary N) is 2. The lowest BCUT2D eigenvalue weighted by Crippen LogP contribution is -2.30. The number of esters is 1. The summed E-state index contributed by atoms with van der Waals surface area (Å²) >= 11 is 0. The molecule has 0 radical (unpaired) electrons. The molecule has 0 bridgehead atoms. The molecular weight excluding hydrogens is 477 g/mol. The zero-order chi connectivity index (χ0) is 25.8. The van der Waals surface area contributed by atoms with E-state index in [1.807, 2.05) is 0 Å². The van der Waals surface area contributed by atoms with Crippen molar-refractivity contribution in [2.24, 2.45) is 5.73 Å². The van der Waals surface area contributed by atoms with Crippen LogP contribution in [0.25, 0.3) is 0 Å². The average molecular weight is 500 g/mol. The Labute approximate surface area is 201 Å². The number of rotatable bonds is 8. The molecule has 0 saturated heterocycles. The standard InChI is InChI=1S/C24H22FN3O6S/c1-14-6-11-20(13-21(14)25)35(32,33)28-19-5-3-4-17(12-19)24(31)34-15(2)23(30)27-18-9-7-16(8-10-18)22(26)29/h3-13,15,28H,1-2H3,(H2,26,29)(H,27,30). The topological polar surface area (TPSA) is 145 Å². The molecule has 182 valence electrons. The van der Waals surface area contributed by atoms with Crippen LogP contribution in [0.3, 0.4) is 0 Å². The third-order valence-electron chi connectivity index (χ3n) is 4.89. The smallest absolute Gasteiger partial charge is 0.338 e. The molecule has 0 heterocycles. The van der Waals surface area contributed by atoms with E-state index in [1.165, 1.54) is 74.5 Å². The predicted octanol–water partition coefficient (Wildman–Crippen LogP) is 3.22. The molecule has 0 fully saturated rings. The number of benzene rings is 3. The van der Waals surface area contributed by atoms with Gasteiger partial charge in [0.1, 0.15) is 5.82 Å².